The van der Waals surface area contributed by atoms with Crippen molar-refractivity contribution in [2.75, 3.05) is 0 Å². The Morgan fingerprint density at radius 3 is 2.43 bits per heavy atom. The van der Waals surface area contributed by atoms with Gasteiger partial charge in [-0.15, -0.1) is 10.2 Å². The second-order valence-electron chi connectivity index (χ2n) is 6.42. The summed E-state index contributed by atoms with van der Waals surface area (Å²) >= 11 is 0. The Morgan fingerprint density at radius 2 is 1.87 bits per heavy atom. The molecule has 2 unspecified atom stereocenters. The van der Waals surface area contributed by atoms with Gasteiger partial charge < -0.3 is 9.73 Å². The standard InChI is InChI=1S/C18H25N3O2/c1-12(2)10-16(18-21-20-14(4)23-18)19-17(22)11-13(3)15-8-6-5-7-9-15/h5-9,12-13,16H,10-11H2,1-4H3,(H,19,22). The second-order valence-corrected chi connectivity index (χ2v) is 6.42. The number of carbonyl (C=O) groups is 1. The van der Waals surface area contributed by atoms with Crippen LogP contribution in [0.5, 0.6) is 0 Å². The zero-order chi connectivity index (χ0) is 16.8. The first-order valence-corrected chi connectivity index (χ1v) is 8.10. The molecule has 0 fully saturated rings. The highest BCUT2D eigenvalue weighted by atomic mass is 16.4. The van der Waals surface area contributed by atoms with Gasteiger partial charge in [0.15, 0.2) is 0 Å². The summed E-state index contributed by atoms with van der Waals surface area (Å²) in [7, 11) is 0. The Balaban J connectivity index is 2.00. The molecule has 0 aliphatic rings. The summed E-state index contributed by atoms with van der Waals surface area (Å²) < 4.78 is 5.50. The molecule has 1 aromatic heterocycles. The van der Waals surface area contributed by atoms with E-state index in [1.54, 1.807) is 6.92 Å². The first-order chi connectivity index (χ1) is 11.0. The first-order valence-electron chi connectivity index (χ1n) is 8.10. The molecule has 0 aliphatic heterocycles. The number of nitrogens with one attached hydrogen (secondary N) is 1. The average Bonchev–Trinajstić information content (AvgIpc) is 2.93. The Labute approximate surface area is 137 Å². The third-order valence-electron chi connectivity index (χ3n) is 3.74. The lowest BCUT2D eigenvalue weighted by molar-refractivity contribution is -0.122. The summed E-state index contributed by atoms with van der Waals surface area (Å²) in [5, 5.41) is 11.0. The fourth-order valence-electron chi connectivity index (χ4n) is 2.58. The zero-order valence-corrected chi connectivity index (χ0v) is 14.2. The Bertz CT molecular complexity index is 622. The number of nitrogens with zero attached hydrogens (tertiary/aromatic N) is 2. The van der Waals surface area contributed by atoms with Gasteiger partial charge in [0.1, 0.15) is 6.04 Å². The number of amides is 1. The molecule has 0 saturated heterocycles. The molecule has 1 aromatic carbocycles. The molecule has 0 aliphatic carbocycles. The van der Waals surface area contributed by atoms with Crippen molar-refractivity contribution in [3.63, 3.8) is 0 Å². The molecule has 1 heterocycles. The fraction of sp³-hybridized carbons (Fsp3) is 0.500. The Kier molecular flexibility index (Phi) is 5.90. The van der Waals surface area contributed by atoms with E-state index in [4.69, 9.17) is 4.42 Å². The molecule has 0 spiro atoms. The maximum absolute atomic E-state index is 12.4. The van der Waals surface area contributed by atoms with Crippen LogP contribution in [-0.2, 0) is 4.79 Å². The number of carbonyl (C=O) groups excluding carboxylic acids is 1. The van der Waals surface area contributed by atoms with Gasteiger partial charge in [0.25, 0.3) is 0 Å². The molecule has 5 heteroatoms. The number of benzene rings is 1. The molecule has 5 nitrogen and oxygen atoms in total. The minimum atomic E-state index is -0.230. The van der Waals surface area contributed by atoms with Gasteiger partial charge in [-0.05, 0) is 23.8 Å². The maximum atomic E-state index is 12.4. The number of aromatic nitrogens is 2. The number of aryl methyl sites for hydroxylation is 1. The van der Waals surface area contributed by atoms with Gasteiger partial charge in [0.05, 0.1) is 0 Å². The Morgan fingerprint density at radius 1 is 1.17 bits per heavy atom. The minimum absolute atomic E-state index is 0.00264. The summed E-state index contributed by atoms with van der Waals surface area (Å²) in [4.78, 5) is 12.4. The molecule has 2 atom stereocenters. The lowest BCUT2D eigenvalue weighted by atomic mass is 9.97. The number of hydrogen-bond acceptors (Lipinski definition) is 4. The van der Waals surface area contributed by atoms with Crippen molar-refractivity contribution < 1.29 is 9.21 Å². The highest BCUT2D eigenvalue weighted by molar-refractivity contribution is 5.77. The van der Waals surface area contributed by atoms with Crippen molar-refractivity contribution in [3.8, 4) is 0 Å². The summed E-state index contributed by atoms with van der Waals surface area (Å²) in [6.07, 6.45) is 1.21. The molecule has 23 heavy (non-hydrogen) atoms. The van der Waals surface area contributed by atoms with E-state index in [1.807, 2.05) is 30.3 Å². The monoisotopic (exact) mass is 315 g/mol. The molecule has 2 rings (SSSR count). The fourth-order valence-corrected chi connectivity index (χ4v) is 2.58. The van der Waals surface area contributed by atoms with Crippen molar-refractivity contribution in [2.45, 2.75) is 52.5 Å². The Hall–Kier alpha value is -2.17. The largest absolute Gasteiger partial charge is 0.423 e. The summed E-state index contributed by atoms with van der Waals surface area (Å²) in [5.41, 5.74) is 1.16. The van der Waals surface area contributed by atoms with Crippen LogP contribution in [0.25, 0.3) is 0 Å². The van der Waals surface area contributed by atoms with Crippen LogP contribution in [0.15, 0.2) is 34.7 Å². The van der Waals surface area contributed by atoms with Gasteiger partial charge in [0, 0.05) is 13.3 Å². The van der Waals surface area contributed by atoms with E-state index in [1.165, 1.54) is 0 Å². The van der Waals surface area contributed by atoms with Gasteiger partial charge in [-0.25, -0.2) is 0 Å². The summed E-state index contributed by atoms with van der Waals surface area (Å²) in [6.45, 7) is 8.02. The van der Waals surface area contributed by atoms with E-state index in [9.17, 15) is 4.79 Å². The van der Waals surface area contributed by atoms with Gasteiger partial charge >= 0.3 is 0 Å². The van der Waals surface area contributed by atoms with Gasteiger partial charge in [-0.2, -0.15) is 0 Å². The molecule has 0 saturated carbocycles. The van der Waals surface area contributed by atoms with Crippen molar-refractivity contribution in [3.05, 3.63) is 47.7 Å². The molecular formula is C18H25N3O2. The number of hydrogen-bond donors (Lipinski definition) is 1. The van der Waals surface area contributed by atoms with E-state index in [2.05, 4.69) is 36.3 Å². The van der Waals surface area contributed by atoms with Crippen LogP contribution < -0.4 is 5.32 Å². The quantitative estimate of drug-likeness (QED) is 0.844. The first kappa shape index (κ1) is 17.2. The smallest absolute Gasteiger partial charge is 0.238 e. The van der Waals surface area contributed by atoms with Crippen LogP contribution in [0.3, 0.4) is 0 Å². The third-order valence-corrected chi connectivity index (χ3v) is 3.74. The van der Waals surface area contributed by atoms with E-state index in [-0.39, 0.29) is 17.9 Å². The van der Waals surface area contributed by atoms with Crippen LogP contribution in [0.2, 0.25) is 0 Å². The summed E-state index contributed by atoms with van der Waals surface area (Å²) in [5.74, 6) is 1.58. The molecule has 0 radical (unpaired) electrons. The van der Waals surface area contributed by atoms with Crippen molar-refractivity contribution in [2.24, 2.45) is 5.92 Å². The van der Waals surface area contributed by atoms with E-state index < -0.39 is 0 Å². The van der Waals surface area contributed by atoms with E-state index >= 15 is 0 Å². The van der Waals surface area contributed by atoms with E-state index in [0.29, 0.717) is 24.1 Å². The van der Waals surface area contributed by atoms with Crippen LogP contribution in [0, 0.1) is 12.8 Å². The van der Waals surface area contributed by atoms with Crippen LogP contribution >= 0.6 is 0 Å². The van der Waals surface area contributed by atoms with Crippen molar-refractivity contribution in [1.29, 1.82) is 0 Å². The van der Waals surface area contributed by atoms with Gasteiger partial charge in [0.2, 0.25) is 17.7 Å². The lowest BCUT2D eigenvalue weighted by Crippen LogP contribution is -2.30. The normalized spacial score (nSPS) is 13.8. The van der Waals surface area contributed by atoms with Crippen LogP contribution in [0.4, 0.5) is 0 Å². The molecule has 2 aromatic rings. The zero-order valence-electron chi connectivity index (χ0n) is 14.2. The molecular weight excluding hydrogens is 290 g/mol. The van der Waals surface area contributed by atoms with E-state index in [0.717, 1.165) is 12.0 Å². The van der Waals surface area contributed by atoms with Crippen LogP contribution in [-0.4, -0.2) is 16.1 Å². The van der Waals surface area contributed by atoms with Crippen LogP contribution in [0.1, 0.15) is 62.9 Å². The molecule has 0 bridgehead atoms. The lowest BCUT2D eigenvalue weighted by Gasteiger charge is -2.19. The summed E-state index contributed by atoms with van der Waals surface area (Å²) in [6, 6.07) is 9.83. The third kappa shape index (κ3) is 5.20. The maximum Gasteiger partial charge on any atom is 0.238 e. The average molecular weight is 315 g/mol. The predicted octanol–water partition coefficient (Wildman–Crippen LogP) is 3.78. The SMILES string of the molecule is Cc1nnc(C(CC(C)C)NC(=O)CC(C)c2ccccc2)o1. The van der Waals surface area contributed by atoms with Gasteiger partial charge in [-0.3, -0.25) is 4.79 Å². The van der Waals surface area contributed by atoms with Gasteiger partial charge in [-0.1, -0.05) is 51.1 Å². The topological polar surface area (TPSA) is 68.0 Å². The second kappa shape index (κ2) is 7.90. The molecule has 1 N–H and O–H groups in total. The van der Waals surface area contributed by atoms with Crippen molar-refractivity contribution >= 4 is 5.91 Å². The predicted molar refractivity (Wildman–Crippen MR) is 88.8 cm³/mol. The molecule has 1 amide bonds. The number of rotatable bonds is 7. The minimum Gasteiger partial charge on any atom is -0.423 e. The molecule has 124 valence electrons. The van der Waals surface area contributed by atoms with Crippen molar-refractivity contribution in [1.82, 2.24) is 15.5 Å². The highest BCUT2D eigenvalue weighted by Crippen LogP contribution is 2.22. The highest BCUT2D eigenvalue weighted by Gasteiger charge is 2.22.